The molecule has 0 saturated carbocycles. The minimum Gasteiger partial charge on any atom is -0.449 e. The molecule has 0 fully saturated rings. The topological polar surface area (TPSA) is 77.0 Å². The molecule has 0 unspecified atom stereocenters. The number of rotatable bonds is 6. The number of unbranched alkanes of at least 4 members (excludes halogenated alkanes) is 2. The van der Waals surface area contributed by atoms with E-state index in [1.165, 1.54) is 0 Å². The van der Waals surface area contributed by atoms with Gasteiger partial charge in [-0.2, -0.15) is 4.99 Å². The third-order valence-electron chi connectivity index (χ3n) is 1.87. The first-order valence-corrected chi connectivity index (χ1v) is 6.43. The summed E-state index contributed by atoms with van der Waals surface area (Å²) >= 11 is 3.84. The predicted octanol–water partition coefficient (Wildman–Crippen LogP) is 2.74. The summed E-state index contributed by atoms with van der Waals surface area (Å²) in [4.78, 5) is 25.7. The highest BCUT2D eigenvalue weighted by atomic mass is 32.1. The lowest BCUT2D eigenvalue weighted by molar-refractivity contribution is 0.150. The van der Waals surface area contributed by atoms with Crippen molar-refractivity contribution >= 4 is 30.0 Å². The highest BCUT2D eigenvalue weighted by Crippen LogP contribution is 1.94. The summed E-state index contributed by atoms with van der Waals surface area (Å²) in [5.41, 5.74) is 0. The summed E-state index contributed by atoms with van der Waals surface area (Å²) in [5.74, 6) is 0. The maximum absolute atomic E-state index is 11.2. The Morgan fingerprint density at radius 1 is 1.11 bits per heavy atom. The van der Waals surface area contributed by atoms with Crippen LogP contribution in [0.1, 0.15) is 39.5 Å². The number of amidine groups is 1. The van der Waals surface area contributed by atoms with Crippen molar-refractivity contribution in [2.24, 2.45) is 4.99 Å². The maximum atomic E-state index is 11.2. The SMILES string of the molecule is CCCCOC(=O)/N=C(\S)NC(=O)OCCCC. The van der Waals surface area contributed by atoms with E-state index in [1.807, 2.05) is 13.8 Å². The second-order valence-corrected chi connectivity index (χ2v) is 3.94. The first-order valence-electron chi connectivity index (χ1n) is 5.98. The summed E-state index contributed by atoms with van der Waals surface area (Å²) in [7, 11) is 0. The molecule has 0 aromatic rings. The number of hydrogen-bond acceptors (Lipinski definition) is 4. The lowest BCUT2D eigenvalue weighted by Gasteiger charge is -2.05. The first kappa shape index (κ1) is 16.8. The van der Waals surface area contributed by atoms with Gasteiger partial charge < -0.3 is 9.47 Å². The van der Waals surface area contributed by atoms with Gasteiger partial charge in [-0.05, 0) is 12.8 Å². The van der Waals surface area contributed by atoms with Gasteiger partial charge in [-0.1, -0.05) is 26.7 Å². The molecule has 0 atom stereocenters. The Balaban J connectivity index is 3.87. The molecule has 0 spiro atoms. The molecule has 0 bridgehead atoms. The zero-order valence-corrected chi connectivity index (χ0v) is 11.7. The van der Waals surface area contributed by atoms with Crippen LogP contribution in [-0.2, 0) is 9.47 Å². The lowest BCUT2D eigenvalue weighted by Crippen LogP contribution is -2.28. The molecular weight excluding hydrogens is 256 g/mol. The van der Waals surface area contributed by atoms with E-state index in [1.54, 1.807) is 0 Å². The number of aliphatic imine (C=N–C) groups is 1. The van der Waals surface area contributed by atoms with Crippen LogP contribution in [0.5, 0.6) is 0 Å². The average molecular weight is 276 g/mol. The van der Waals surface area contributed by atoms with Crippen molar-refractivity contribution in [1.82, 2.24) is 5.32 Å². The second-order valence-electron chi connectivity index (χ2n) is 3.52. The Morgan fingerprint density at radius 3 is 2.22 bits per heavy atom. The molecule has 0 saturated heterocycles. The number of nitrogens with zero attached hydrogens (tertiary/aromatic N) is 1. The lowest BCUT2D eigenvalue weighted by atomic mass is 10.4. The van der Waals surface area contributed by atoms with Crippen molar-refractivity contribution in [1.29, 1.82) is 0 Å². The molecule has 0 radical (unpaired) electrons. The number of carbonyl (C=O) groups excluding carboxylic acids is 2. The number of amides is 2. The Kier molecular flexibility index (Phi) is 10.1. The highest BCUT2D eigenvalue weighted by molar-refractivity contribution is 7.96. The predicted molar refractivity (Wildman–Crippen MR) is 72.1 cm³/mol. The van der Waals surface area contributed by atoms with Gasteiger partial charge in [-0.3, -0.25) is 5.32 Å². The summed E-state index contributed by atoms with van der Waals surface area (Å²) in [6.07, 6.45) is 1.95. The van der Waals surface area contributed by atoms with E-state index in [0.29, 0.717) is 13.2 Å². The molecule has 0 aliphatic heterocycles. The average Bonchev–Trinajstić information content (AvgIpc) is 2.29. The van der Waals surface area contributed by atoms with E-state index in [4.69, 9.17) is 9.47 Å². The third-order valence-corrected chi connectivity index (χ3v) is 2.08. The zero-order valence-electron chi connectivity index (χ0n) is 10.8. The van der Waals surface area contributed by atoms with Gasteiger partial charge >= 0.3 is 12.2 Å². The molecule has 18 heavy (non-hydrogen) atoms. The standard InChI is InChI=1S/C11H20N2O4S/c1-3-5-7-16-10(14)12-9(18)13-11(15)17-8-6-4-2/h3-8H2,1-2H3,(H2,12,13,14,15,18). The largest absolute Gasteiger partial charge is 0.449 e. The number of alkyl carbamates (subject to hydrolysis) is 1. The first-order chi connectivity index (χ1) is 8.60. The van der Waals surface area contributed by atoms with Crippen molar-refractivity contribution in [2.75, 3.05) is 13.2 Å². The second kappa shape index (κ2) is 10.9. The molecule has 0 aromatic carbocycles. The van der Waals surface area contributed by atoms with Crippen LogP contribution < -0.4 is 5.32 Å². The molecule has 0 aliphatic carbocycles. The minimum absolute atomic E-state index is 0.141. The number of thiol groups is 1. The normalized spacial score (nSPS) is 10.9. The zero-order chi connectivity index (χ0) is 13.8. The molecule has 0 aliphatic rings. The van der Waals surface area contributed by atoms with Gasteiger partial charge in [-0.25, -0.2) is 9.59 Å². The molecule has 6 nitrogen and oxygen atoms in total. The van der Waals surface area contributed by atoms with E-state index in [0.717, 1.165) is 25.7 Å². The van der Waals surface area contributed by atoms with Crippen molar-refractivity contribution < 1.29 is 19.1 Å². The van der Waals surface area contributed by atoms with E-state index in [2.05, 4.69) is 22.9 Å². The van der Waals surface area contributed by atoms with Gasteiger partial charge in [0.1, 0.15) is 0 Å². The molecule has 1 N–H and O–H groups in total. The number of ether oxygens (including phenoxy) is 2. The summed E-state index contributed by atoms with van der Waals surface area (Å²) in [6, 6.07) is 0. The van der Waals surface area contributed by atoms with Crippen molar-refractivity contribution in [3.05, 3.63) is 0 Å². The molecular formula is C11H20N2O4S. The van der Waals surface area contributed by atoms with Crippen LogP contribution in [0.4, 0.5) is 9.59 Å². The fourth-order valence-electron chi connectivity index (χ4n) is 0.887. The molecule has 0 rings (SSSR count). The van der Waals surface area contributed by atoms with Crippen LogP contribution in [0.2, 0.25) is 0 Å². The van der Waals surface area contributed by atoms with Crippen LogP contribution in [0.3, 0.4) is 0 Å². The fraction of sp³-hybridized carbons (Fsp3) is 0.727. The van der Waals surface area contributed by atoms with Crippen LogP contribution in [0.15, 0.2) is 4.99 Å². The van der Waals surface area contributed by atoms with Gasteiger partial charge in [-0.15, -0.1) is 12.6 Å². The number of carbonyl (C=O) groups is 2. The van der Waals surface area contributed by atoms with Crippen LogP contribution in [-0.4, -0.2) is 30.6 Å². The van der Waals surface area contributed by atoms with E-state index < -0.39 is 12.2 Å². The number of nitrogens with one attached hydrogen (secondary N) is 1. The maximum Gasteiger partial charge on any atom is 0.436 e. The molecule has 0 heterocycles. The van der Waals surface area contributed by atoms with E-state index in [-0.39, 0.29) is 5.17 Å². The molecule has 2 amide bonds. The Bertz CT molecular complexity index is 295. The minimum atomic E-state index is -0.776. The number of hydrogen-bond donors (Lipinski definition) is 2. The van der Waals surface area contributed by atoms with Gasteiger partial charge in [0, 0.05) is 0 Å². The van der Waals surface area contributed by atoms with Gasteiger partial charge in [0.05, 0.1) is 13.2 Å². The molecule has 104 valence electrons. The Morgan fingerprint density at radius 2 is 1.67 bits per heavy atom. The quantitative estimate of drug-likeness (QED) is 0.338. The molecule has 0 aromatic heterocycles. The smallest absolute Gasteiger partial charge is 0.436 e. The van der Waals surface area contributed by atoms with Gasteiger partial charge in [0.15, 0.2) is 5.17 Å². The van der Waals surface area contributed by atoms with Crippen molar-refractivity contribution in [3.63, 3.8) is 0 Å². The van der Waals surface area contributed by atoms with Crippen LogP contribution >= 0.6 is 12.6 Å². The van der Waals surface area contributed by atoms with Crippen LogP contribution in [0, 0.1) is 0 Å². The van der Waals surface area contributed by atoms with Crippen molar-refractivity contribution in [2.45, 2.75) is 39.5 Å². The third kappa shape index (κ3) is 9.95. The summed E-state index contributed by atoms with van der Waals surface area (Å²) < 4.78 is 9.57. The van der Waals surface area contributed by atoms with Crippen LogP contribution in [0.25, 0.3) is 0 Å². The van der Waals surface area contributed by atoms with Crippen molar-refractivity contribution in [3.8, 4) is 0 Å². The van der Waals surface area contributed by atoms with E-state index in [9.17, 15) is 9.59 Å². The van der Waals surface area contributed by atoms with E-state index >= 15 is 0 Å². The monoisotopic (exact) mass is 276 g/mol. The molecule has 7 heteroatoms. The fourth-order valence-corrected chi connectivity index (χ4v) is 1.06. The summed E-state index contributed by atoms with van der Waals surface area (Å²) in [5, 5.41) is 2.07. The van der Waals surface area contributed by atoms with Gasteiger partial charge in [0.2, 0.25) is 0 Å². The Hall–Kier alpha value is -1.24. The van der Waals surface area contributed by atoms with Gasteiger partial charge in [0.25, 0.3) is 0 Å². The highest BCUT2D eigenvalue weighted by Gasteiger charge is 2.06. The Labute approximate surface area is 113 Å². The summed E-state index contributed by atoms with van der Waals surface area (Å²) in [6.45, 7) is 4.60.